The Morgan fingerprint density at radius 1 is 0.933 bits per heavy atom. The van der Waals surface area contributed by atoms with Crippen LogP contribution >= 0.6 is 0 Å². The summed E-state index contributed by atoms with van der Waals surface area (Å²) < 4.78 is 15.5. The molecule has 0 N–H and O–H groups in total. The normalized spacial score (nSPS) is 14.7. The summed E-state index contributed by atoms with van der Waals surface area (Å²) in [4.78, 5) is 2.58. The van der Waals surface area contributed by atoms with Crippen LogP contribution in [0.15, 0.2) is 66.9 Å². The molecule has 1 aliphatic rings. The topological polar surface area (TPSA) is 32.0 Å². The van der Waals surface area contributed by atoms with Gasteiger partial charge in [0.25, 0.3) is 0 Å². The summed E-state index contributed by atoms with van der Waals surface area (Å²) in [5.41, 5.74) is 4.27. The fourth-order valence-corrected chi connectivity index (χ4v) is 4.48. The van der Waals surface area contributed by atoms with Crippen LogP contribution in [0.4, 0.5) is 4.39 Å². The summed E-state index contributed by atoms with van der Waals surface area (Å²) in [7, 11) is 0. The molecule has 0 radical (unpaired) electrons. The highest BCUT2D eigenvalue weighted by molar-refractivity contribution is 5.32. The van der Waals surface area contributed by atoms with Gasteiger partial charge in [0.1, 0.15) is 5.82 Å². The van der Waals surface area contributed by atoms with Crippen LogP contribution < -0.4 is 0 Å². The Balaban J connectivity index is 1.53. The lowest BCUT2D eigenvalue weighted by molar-refractivity contribution is 0.137. The van der Waals surface area contributed by atoms with Gasteiger partial charge in [-0.3, -0.25) is 4.90 Å². The van der Waals surface area contributed by atoms with Crippen molar-refractivity contribution in [3.05, 3.63) is 95.1 Å². The SMILES string of the molecule is N#Cc1cccc(CN(Cc2cccn2Cc2ccc(F)cc2)C2CCCCC2)c1. The molecule has 4 rings (SSSR count). The Hall–Kier alpha value is -2.90. The van der Waals surface area contributed by atoms with Crippen LogP contribution in [-0.2, 0) is 19.6 Å². The predicted molar refractivity (Wildman–Crippen MR) is 117 cm³/mol. The highest BCUT2D eigenvalue weighted by Gasteiger charge is 2.22. The maximum Gasteiger partial charge on any atom is 0.123 e. The highest BCUT2D eigenvalue weighted by atomic mass is 19.1. The number of nitrogens with zero attached hydrogens (tertiary/aromatic N) is 3. The number of nitriles is 1. The molecule has 1 fully saturated rings. The second kappa shape index (κ2) is 9.73. The maximum atomic E-state index is 13.3. The number of hydrogen-bond donors (Lipinski definition) is 0. The van der Waals surface area contributed by atoms with E-state index in [1.54, 1.807) is 0 Å². The van der Waals surface area contributed by atoms with Crippen LogP contribution in [0.3, 0.4) is 0 Å². The first kappa shape index (κ1) is 20.4. The molecule has 0 unspecified atom stereocenters. The number of halogens is 1. The fourth-order valence-electron chi connectivity index (χ4n) is 4.48. The van der Waals surface area contributed by atoms with Gasteiger partial charge in [-0.05, 0) is 60.4 Å². The Kier molecular flexibility index (Phi) is 6.61. The van der Waals surface area contributed by atoms with Gasteiger partial charge in [-0.15, -0.1) is 0 Å². The van der Waals surface area contributed by atoms with E-state index in [4.69, 9.17) is 0 Å². The van der Waals surface area contributed by atoms with Crippen molar-refractivity contribution in [2.75, 3.05) is 0 Å². The first-order valence-corrected chi connectivity index (χ1v) is 10.8. The average Bonchev–Trinajstić information content (AvgIpc) is 3.22. The second-order valence-electron chi connectivity index (χ2n) is 8.26. The summed E-state index contributed by atoms with van der Waals surface area (Å²) in [6.07, 6.45) is 8.47. The zero-order valence-corrected chi connectivity index (χ0v) is 17.3. The monoisotopic (exact) mass is 401 g/mol. The van der Waals surface area contributed by atoms with Crippen LogP contribution in [0.5, 0.6) is 0 Å². The summed E-state index contributed by atoms with van der Waals surface area (Å²) in [6.45, 7) is 2.46. The van der Waals surface area contributed by atoms with Crippen LogP contribution in [0.1, 0.15) is 54.5 Å². The molecule has 0 amide bonds. The van der Waals surface area contributed by atoms with E-state index in [1.807, 2.05) is 30.3 Å². The first-order chi connectivity index (χ1) is 14.7. The minimum absolute atomic E-state index is 0.199. The van der Waals surface area contributed by atoms with Crippen molar-refractivity contribution in [3.63, 3.8) is 0 Å². The first-order valence-electron chi connectivity index (χ1n) is 10.8. The second-order valence-corrected chi connectivity index (χ2v) is 8.26. The number of rotatable bonds is 7. The molecule has 3 nitrogen and oxygen atoms in total. The van der Waals surface area contributed by atoms with E-state index in [1.165, 1.54) is 55.5 Å². The largest absolute Gasteiger partial charge is 0.346 e. The summed E-state index contributed by atoms with van der Waals surface area (Å²) in [6, 6.07) is 21.8. The summed E-state index contributed by atoms with van der Waals surface area (Å²) >= 11 is 0. The van der Waals surface area contributed by atoms with E-state index in [-0.39, 0.29) is 5.82 Å². The van der Waals surface area contributed by atoms with Crippen molar-refractivity contribution in [1.82, 2.24) is 9.47 Å². The molecule has 1 heterocycles. The molecule has 2 aromatic carbocycles. The Labute approximate surface area is 178 Å². The van der Waals surface area contributed by atoms with Gasteiger partial charge in [-0.25, -0.2) is 4.39 Å². The van der Waals surface area contributed by atoms with Crippen molar-refractivity contribution >= 4 is 0 Å². The van der Waals surface area contributed by atoms with Crippen molar-refractivity contribution in [1.29, 1.82) is 5.26 Å². The van der Waals surface area contributed by atoms with Crippen LogP contribution in [-0.4, -0.2) is 15.5 Å². The lowest BCUT2D eigenvalue weighted by Gasteiger charge is -2.34. The van der Waals surface area contributed by atoms with Gasteiger partial charge in [0.15, 0.2) is 0 Å². The van der Waals surface area contributed by atoms with E-state index in [0.29, 0.717) is 6.04 Å². The molecule has 0 atom stereocenters. The van der Waals surface area contributed by atoms with Gasteiger partial charge in [0, 0.05) is 37.6 Å². The molecule has 0 bridgehead atoms. The fraction of sp³-hybridized carbons (Fsp3) is 0.346. The Morgan fingerprint density at radius 2 is 1.73 bits per heavy atom. The molecule has 0 saturated heterocycles. The molecule has 154 valence electrons. The van der Waals surface area contributed by atoms with E-state index in [2.05, 4.69) is 39.9 Å². The number of aromatic nitrogens is 1. The molecule has 1 aromatic heterocycles. The molecule has 0 spiro atoms. The molecule has 0 aliphatic heterocycles. The van der Waals surface area contributed by atoms with E-state index in [0.717, 1.165) is 30.8 Å². The van der Waals surface area contributed by atoms with Gasteiger partial charge in [-0.1, -0.05) is 43.5 Å². The van der Waals surface area contributed by atoms with Gasteiger partial charge in [0.05, 0.1) is 11.6 Å². The van der Waals surface area contributed by atoms with Crippen molar-refractivity contribution in [3.8, 4) is 6.07 Å². The Morgan fingerprint density at radius 3 is 2.50 bits per heavy atom. The summed E-state index contributed by atoms with van der Waals surface area (Å²) in [5.74, 6) is -0.199. The van der Waals surface area contributed by atoms with Crippen LogP contribution in [0.2, 0.25) is 0 Å². The number of hydrogen-bond acceptors (Lipinski definition) is 2. The van der Waals surface area contributed by atoms with Crippen molar-refractivity contribution in [2.45, 2.75) is 57.8 Å². The Bertz CT molecular complexity index is 994. The van der Waals surface area contributed by atoms with Crippen molar-refractivity contribution in [2.24, 2.45) is 0 Å². The van der Waals surface area contributed by atoms with Gasteiger partial charge < -0.3 is 4.57 Å². The third kappa shape index (κ3) is 5.17. The van der Waals surface area contributed by atoms with Crippen molar-refractivity contribution < 1.29 is 4.39 Å². The van der Waals surface area contributed by atoms with Crippen LogP contribution in [0.25, 0.3) is 0 Å². The highest BCUT2D eigenvalue weighted by Crippen LogP contribution is 2.26. The van der Waals surface area contributed by atoms with Gasteiger partial charge in [0.2, 0.25) is 0 Å². The molecule has 3 aromatic rings. The van der Waals surface area contributed by atoms with E-state index >= 15 is 0 Å². The summed E-state index contributed by atoms with van der Waals surface area (Å²) in [5, 5.41) is 9.26. The molecule has 1 saturated carbocycles. The molecular weight excluding hydrogens is 373 g/mol. The average molecular weight is 402 g/mol. The third-order valence-corrected chi connectivity index (χ3v) is 6.09. The third-order valence-electron chi connectivity index (χ3n) is 6.09. The molecule has 1 aliphatic carbocycles. The quantitative estimate of drug-likeness (QED) is 0.495. The maximum absolute atomic E-state index is 13.3. The minimum atomic E-state index is -0.199. The van der Waals surface area contributed by atoms with Crippen LogP contribution in [0, 0.1) is 17.1 Å². The number of benzene rings is 2. The van der Waals surface area contributed by atoms with Gasteiger partial charge in [-0.2, -0.15) is 5.26 Å². The zero-order valence-electron chi connectivity index (χ0n) is 17.3. The zero-order chi connectivity index (χ0) is 20.8. The predicted octanol–water partition coefficient (Wildman–Crippen LogP) is 5.88. The van der Waals surface area contributed by atoms with Gasteiger partial charge >= 0.3 is 0 Å². The lowest BCUT2D eigenvalue weighted by Crippen LogP contribution is -2.36. The minimum Gasteiger partial charge on any atom is -0.346 e. The molecular formula is C26H28FN3. The lowest BCUT2D eigenvalue weighted by atomic mass is 9.93. The molecule has 4 heteroatoms. The van der Waals surface area contributed by atoms with E-state index < -0.39 is 0 Å². The standard InChI is InChI=1S/C26H28FN3/c27-24-13-11-21(12-14-24)18-29-15-5-10-26(29)20-30(25-8-2-1-3-9-25)19-23-7-4-6-22(16-23)17-28/h4-7,10-16,25H,1-3,8-9,18-20H2. The smallest absolute Gasteiger partial charge is 0.123 e. The molecule has 30 heavy (non-hydrogen) atoms. The van der Waals surface area contributed by atoms with E-state index in [9.17, 15) is 9.65 Å².